The highest BCUT2D eigenvalue weighted by Gasteiger charge is 2.48. The van der Waals surface area contributed by atoms with Gasteiger partial charge in [-0.15, -0.1) is 0 Å². The van der Waals surface area contributed by atoms with Crippen LogP contribution in [0, 0.1) is 10.8 Å². The summed E-state index contributed by atoms with van der Waals surface area (Å²) in [6.45, 7) is 13.0. The number of carbonyl (C=O) groups excluding carboxylic acids is 2. The summed E-state index contributed by atoms with van der Waals surface area (Å²) >= 11 is 0. The van der Waals surface area contributed by atoms with Crippen LogP contribution in [0.1, 0.15) is 119 Å². The van der Waals surface area contributed by atoms with Gasteiger partial charge in [-0.2, -0.15) is 0 Å². The van der Waals surface area contributed by atoms with E-state index in [0.29, 0.717) is 0 Å². The Kier molecular flexibility index (Phi) is 8.21. The van der Waals surface area contributed by atoms with Crippen molar-refractivity contribution in [1.82, 2.24) is 0 Å². The molecule has 2 aliphatic carbocycles. The lowest BCUT2D eigenvalue weighted by Crippen LogP contribution is -2.49. The molecule has 0 heterocycles. The van der Waals surface area contributed by atoms with Gasteiger partial charge >= 0.3 is 11.9 Å². The Labute approximate surface area is 184 Å². The van der Waals surface area contributed by atoms with Gasteiger partial charge in [0.05, 0.1) is 0 Å². The van der Waals surface area contributed by atoms with E-state index in [0.717, 1.165) is 64.2 Å². The molecule has 0 saturated heterocycles. The molecular weight excluding hydrogens is 376 g/mol. The second-order valence-electron chi connectivity index (χ2n) is 10.8. The van der Waals surface area contributed by atoms with Gasteiger partial charge in [0.25, 0.3) is 0 Å². The van der Waals surface area contributed by atoms with Crippen LogP contribution in [0.2, 0.25) is 0 Å². The predicted octanol–water partition coefficient (Wildman–Crippen LogP) is 6.91. The summed E-state index contributed by atoms with van der Waals surface area (Å²) in [7, 11) is 0. The van der Waals surface area contributed by atoms with E-state index in [2.05, 4.69) is 41.5 Å². The summed E-state index contributed by atoms with van der Waals surface area (Å²) in [4.78, 5) is 25.4. The van der Waals surface area contributed by atoms with Gasteiger partial charge in [0, 0.05) is 23.0 Å². The molecule has 0 unspecified atom stereocenters. The van der Waals surface area contributed by atoms with Crippen LogP contribution in [0.25, 0.3) is 0 Å². The van der Waals surface area contributed by atoms with Gasteiger partial charge < -0.3 is 9.47 Å². The molecule has 0 spiro atoms. The molecule has 4 heteroatoms. The maximum absolute atomic E-state index is 12.7. The Balaban J connectivity index is 2.08. The number of hydrogen-bond donors (Lipinski definition) is 0. The lowest BCUT2D eigenvalue weighted by Gasteiger charge is -2.48. The van der Waals surface area contributed by atoms with Crippen molar-refractivity contribution in [2.75, 3.05) is 0 Å². The number of esters is 2. The average Bonchev–Trinajstić information content (AvgIpc) is 2.73. The standard InChI is InChI=1S/C26H44O4/c1-7-23(3,4)25(17-11-9-12-18-25)29-21(27)15-16-22(28)30-26(24(5,6)8-2)19-13-10-14-20-26/h15-16H,7-14,17-20H2,1-6H3/b16-15+. The van der Waals surface area contributed by atoms with Gasteiger partial charge in [-0.05, 0) is 64.2 Å². The van der Waals surface area contributed by atoms with E-state index in [1.807, 2.05) is 0 Å². The molecule has 0 aromatic heterocycles. The summed E-state index contributed by atoms with van der Waals surface area (Å²) in [5.41, 5.74) is -1.07. The third-order valence-electron chi connectivity index (χ3n) is 8.50. The molecule has 0 bridgehead atoms. The van der Waals surface area contributed by atoms with Crippen molar-refractivity contribution in [2.45, 2.75) is 130 Å². The van der Waals surface area contributed by atoms with Crippen LogP contribution in [-0.4, -0.2) is 23.1 Å². The first-order chi connectivity index (χ1) is 14.0. The van der Waals surface area contributed by atoms with Crippen molar-refractivity contribution in [2.24, 2.45) is 10.8 Å². The van der Waals surface area contributed by atoms with Crippen LogP contribution in [0.5, 0.6) is 0 Å². The van der Waals surface area contributed by atoms with Crippen LogP contribution < -0.4 is 0 Å². The second kappa shape index (κ2) is 9.87. The zero-order valence-electron chi connectivity index (χ0n) is 20.3. The van der Waals surface area contributed by atoms with E-state index in [1.54, 1.807) is 0 Å². The van der Waals surface area contributed by atoms with Gasteiger partial charge in [-0.3, -0.25) is 0 Å². The van der Waals surface area contributed by atoms with Gasteiger partial charge in [0.1, 0.15) is 11.2 Å². The van der Waals surface area contributed by atoms with E-state index in [1.165, 1.54) is 25.0 Å². The van der Waals surface area contributed by atoms with Crippen LogP contribution in [0.15, 0.2) is 12.2 Å². The molecular formula is C26H44O4. The molecule has 0 aromatic carbocycles. The number of ether oxygens (including phenoxy) is 2. The third kappa shape index (κ3) is 5.29. The van der Waals surface area contributed by atoms with E-state index in [4.69, 9.17) is 9.47 Å². The van der Waals surface area contributed by atoms with E-state index in [9.17, 15) is 9.59 Å². The molecule has 0 aromatic rings. The fourth-order valence-electron chi connectivity index (χ4n) is 5.31. The van der Waals surface area contributed by atoms with Crippen LogP contribution in [0.3, 0.4) is 0 Å². The first-order valence-electron chi connectivity index (χ1n) is 12.2. The van der Waals surface area contributed by atoms with Crippen molar-refractivity contribution in [3.05, 3.63) is 12.2 Å². The average molecular weight is 421 g/mol. The zero-order valence-corrected chi connectivity index (χ0v) is 20.3. The largest absolute Gasteiger partial charge is 0.455 e. The Bertz CT molecular complexity index is 563. The maximum Gasteiger partial charge on any atom is 0.331 e. The molecule has 4 nitrogen and oxygen atoms in total. The molecule has 0 aliphatic heterocycles. The Morgan fingerprint density at radius 3 is 1.23 bits per heavy atom. The highest BCUT2D eigenvalue weighted by atomic mass is 16.6. The summed E-state index contributed by atoms with van der Waals surface area (Å²) in [6.07, 6.45) is 14.7. The number of carbonyl (C=O) groups is 2. The van der Waals surface area contributed by atoms with Crippen molar-refractivity contribution in [1.29, 1.82) is 0 Å². The van der Waals surface area contributed by atoms with E-state index < -0.39 is 23.1 Å². The van der Waals surface area contributed by atoms with Crippen LogP contribution >= 0.6 is 0 Å². The quantitative estimate of drug-likeness (QED) is 0.316. The van der Waals surface area contributed by atoms with Crippen molar-refractivity contribution in [3.8, 4) is 0 Å². The lowest BCUT2D eigenvalue weighted by atomic mass is 9.65. The number of hydrogen-bond acceptors (Lipinski definition) is 4. The SMILES string of the molecule is CCC(C)(C)C1(OC(=O)/C=C/C(=O)OC2(C(C)(C)CC)CCCCC2)CCCCC1. The summed E-state index contributed by atoms with van der Waals surface area (Å²) in [5, 5.41) is 0. The van der Waals surface area contributed by atoms with Gasteiger partial charge in [-0.1, -0.05) is 54.4 Å². The Morgan fingerprint density at radius 1 is 0.667 bits per heavy atom. The zero-order chi connectivity index (χ0) is 22.5. The minimum Gasteiger partial charge on any atom is -0.455 e. The van der Waals surface area contributed by atoms with Gasteiger partial charge in [0.15, 0.2) is 0 Å². The number of rotatable bonds is 8. The molecule has 2 aliphatic rings. The van der Waals surface area contributed by atoms with E-state index in [-0.39, 0.29) is 10.8 Å². The highest BCUT2D eigenvalue weighted by Crippen LogP contribution is 2.48. The monoisotopic (exact) mass is 420 g/mol. The molecule has 172 valence electrons. The third-order valence-corrected chi connectivity index (χ3v) is 8.50. The molecule has 0 radical (unpaired) electrons. The molecule has 0 N–H and O–H groups in total. The highest BCUT2D eigenvalue weighted by molar-refractivity contribution is 5.92. The predicted molar refractivity (Wildman–Crippen MR) is 121 cm³/mol. The fraction of sp³-hybridized carbons (Fsp3) is 0.846. The maximum atomic E-state index is 12.7. The van der Waals surface area contributed by atoms with E-state index >= 15 is 0 Å². The fourth-order valence-corrected chi connectivity index (χ4v) is 5.31. The minimum absolute atomic E-state index is 0.0886. The smallest absolute Gasteiger partial charge is 0.331 e. The van der Waals surface area contributed by atoms with Gasteiger partial charge in [-0.25, -0.2) is 9.59 Å². The normalized spacial score (nSPS) is 21.9. The van der Waals surface area contributed by atoms with Gasteiger partial charge in [0.2, 0.25) is 0 Å². The summed E-state index contributed by atoms with van der Waals surface area (Å²) in [6, 6.07) is 0. The Morgan fingerprint density at radius 2 is 0.967 bits per heavy atom. The molecule has 0 amide bonds. The first kappa shape index (κ1) is 24.9. The molecule has 0 atom stereocenters. The topological polar surface area (TPSA) is 52.6 Å². The first-order valence-corrected chi connectivity index (χ1v) is 12.2. The molecule has 30 heavy (non-hydrogen) atoms. The van der Waals surface area contributed by atoms with Crippen LogP contribution in [-0.2, 0) is 19.1 Å². The lowest BCUT2D eigenvalue weighted by molar-refractivity contribution is -0.178. The minimum atomic E-state index is -0.444. The molecule has 2 fully saturated rings. The summed E-state index contributed by atoms with van der Waals surface area (Å²) < 4.78 is 12.1. The van der Waals surface area contributed by atoms with Crippen molar-refractivity contribution in [3.63, 3.8) is 0 Å². The molecule has 2 rings (SSSR count). The molecule has 2 saturated carbocycles. The Hall–Kier alpha value is -1.32. The second-order valence-corrected chi connectivity index (χ2v) is 10.8. The van der Waals surface area contributed by atoms with Crippen molar-refractivity contribution >= 4 is 11.9 Å². The summed E-state index contributed by atoms with van der Waals surface area (Å²) in [5.74, 6) is -0.856. The van der Waals surface area contributed by atoms with Crippen LogP contribution in [0.4, 0.5) is 0 Å². The van der Waals surface area contributed by atoms with Crippen molar-refractivity contribution < 1.29 is 19.1 Å².